The van der Waals surface area contributed by atoms with Gasteiger partial charge in [-0.15, -0.1) is 11.3 Å². The number of nitrogens with zero attached hydrogens (tertiary/aromatic N) is 3. The summed E-state index contributed by atoms with van der Waals surface area (Å²) in [5.41, 5.74) is 0.861. The van der Waals surface area contributed by atoms with Crippen LogP contribution >= 0.6 is 11.3 Å². The number of aromatic nitrogens is 3. The topological polar surface area (TPSA) is 90.1 Å². The molecule has 8 heteroatoms. The summed E-state index contributed by atoms with van der Waals surface area (Å²) in [6, 6.07) is 0. The highest BCUT2D eigenvalue weighted by Crippen LogP contribution is 2.37. The third-order valence-corrected chi connectivity index (χ3v) is 4.42. The largest absolute Gasteiger partial charge is 0.465 e. The Balaban J connectivity index is 1.73. The third-order valence-electron chi connectivity index (χ3n) is 3.33. The number of carbonyl (C=O) groups excluding carboxylic acids is 1. The van der Waals surface area contributed by atoms with Gasteiger partial charge >= 0.3 is 5.97 Å². The van der Waals surface area contributed by atoms with Crippen LogP contribution in [0.25, 0.3) is 0 Å². The Morgan fingerprint density at radius 1 is 1.62 bits per heavy atom. The first-order chi connectivity index (χ1) is 10.3. The number of rotatable bonds is 5. The third kappa shape index (κ3) is 3.05. The standard InChI is InChI=1S/C13H16N4O3S/c1-2-19-12(18)8-4-3-5-9-11(8)16-13(21-9)14-6-10-15-7-20-17-10/h7-8H,2-6H2,1H3,(H,14,16). The van der Waals surface area contributed by atoms with Crippen LogP contribution in [0.3, 0.4) is 0 Å². The summed E-state index contributed by atoms with van der Waals surface area (Å²) in [6.45, 7) is 2.67. The fraction of sp³-hybridized carbons (Fsp3) is 0.538. The fourth-order valence-electron chi connectivity index (χ4n) is 2.39. The highest BCUT2D eigenvalue weighted by Gasteiger charge is 2.31. The number of hydrogen-bond donors (Lipinski definition) is 1. The van der Waals surface area contributed by atoms with Crippen molar-refractivity contribution in [1.29, 1.82) is 0 Å². The fourth-order valence-corrected chi connectivity index (χ4v) is 3.45. The lowest BCUT2D eigenvalue weighted by atomic mass is 9.91. The molecule has 7 nitrogen and oxygen atoms in total. The molecule has 21 heavy (non-hydrogen) atoms. The second-order valence-electron chi connectivity index (χ2n) is 4.73. The average molecular weight is 308 g/mol. The minimum absolute atomic E-state index is 0.173. The summed E-state index contributed by atoms with van der Waals surface area (Å²) < 4.78 is 9.82. The Morgan fingerprint density at radius 3 is 3.29 bits per heavy atom. The van der Waals surface area contributed by atoms with Crippen molar-refractivity contribution in [2.45, 2.75) is 38.6 Å². The minimum Gasteiger partial charge on any atom is -0.465 e. The first kappa shape index (κ1) is 14.0. The van der Waals surface area contributed by atoms with Crippen molar-refractivity contribution in [2.24, 2.45) is 0 Å². The number of aryl methyl sites for hydroxylation is 1. The van der Waals surface area contributed by atoms with Crippen LogP contribution in [0, 0.1) is 0 Å². The lowest BCUT2D eigenvalue weighted by molar-refractivity contribution is -0.145. The van der Waals surface area contributed by atoms with Gasteiger partial charge in [0, 0.05) is 4.88 Å². The normalized spacial score (nSPS) is 17.3. The van der Waals surface area contributed by atoms with Crippen LogP contribution in [0.15, 0.2) is 10.9 Å². The van der Waals surface area contributed by atoms with Crippen LogP contribution in [0.4, 0.5) is 5.13 Å². The van der Waals surface area contributed by atoms with Crippen molar-refractivity contribution in [3.05, 3.63) is 22.8 Å². The second kappa shape index (κ2) is 6.21. The molecular formula is C13H16N4O3S. The summed E-state index contributed by atoms with van der Waals surface area (Å²) in [7, 11) is 0. The number of ether oxygens (including phenoxy) is 1. The number of thiazole rings is 1. The van der Waals surface area contributed by atoms with Gasteiger partial charge in [0.2, 0.25) is 6.39 Å². The second-order valence-corrected chi connectivity index (χ2v) is 5.81. The maximum absolute atomic E-state index is 12.0. The van der Waals surface area contributed by atoms with Gasteiger partial charge in [0.1, 0.15) is 5.92 Å². The van der Waals surface area contributed by atoms with Gasteiger partial charge < -0.3 is 14.6 Å². The quantitative estimate of drug-likeness (QED) is 0.846. The van der Waals surface area contributed by atoms with Crippen molar-refractivity contribution >= 4 is 22.4 Å². The number of anilines is 1. The molecule has 0 saturated carbocycles. The van der Waals surface area contributed by atoms with E-state index in [9.17, 15) is 4.79 Å². The van der Waals surface area contributed by atoms with E-state index in [1.54, 1.807) is 11.3 Å². The molecule has 0 aromatic carbocycles. The number of carbonyl (C=O) groups is 1. The summed E-state index contributed by atoms with van der Waals surface area (Å²) in [4.78, 5) is 21.7. The van der Waals surface area contributed by atoms with Crippen LogP contribution < -0.4 is 5.32 Å². The molecule has 1 unspecified atom stereocenters. The summed E-state index contributed by atoms with van der Waals surface area (Å²) in [6.07, 6.45) is 4.05. The molecular weight excluding hydrogens is 292 g/mol. The molecule has 112 valence electrons. The molecule has 0 saturated heterocycles. The maximum Gasteiger partial charge on any atom is 0.315 e. The van der Waals surface area contributed by atoms with Crippen LogP contribution in [0.2, 0.25) is 0 Å². The predicted molar refractivity (Wildman–Crippen MR) is 76.1 cm³/mol. The Bertz CT molecular complexity index is 611. The van der Waals surface area contributed by atoms with Gasteiger partial charge in [0.25, 0.3) is 0 Å². The van der Waals surface area contributed by atoms with Gasteiger partial charge in [-0.1, -0.05) is 5.16 Å². The molecule has 0 fully saturated rings. The van der Waals surface area contributed by atoms with Gasteiger partial charge in [0.05, 0.1) is 18.8 Å². The molecule has 2 heterocycles. The van der Waals surface area contributed by atoms with E-state index < -0.39 is 0 Å². The number of fused-ring (bicyclic) bond motifs is 1. The molecule has 1 atom stereocenters. The molecule has 1 aliphatic carbocycles. The van der Waals surface area contributed by atoms with E-state index in [2.05, 4.69) is 25.0 Å². The van der Waals surface area contributed by atoms with Gasteiger partial charge in [0.15, 0.2) is 11.0 Å². The molecule has 3 rings (SSSR count). The predicted octanol–water partition coefficient (Wildman–Crippen LogP) is 2.12. The molecule has 0 bridgehead atoms. The van der Waals surface area contributed by atoms with E-state index in [1.165, 1.54) is 6.39 Å². The zero-order chi connectivity index (χ0) is 14.7. The van der Waals surface area contributed by atoms with Crippen LogP contribution in [-0.4, -0.2) is 27.7 Å². The van der Waals surface area contributed by atoms with Gasteiger partial charge in [-0.2, -0.15) is 4.98 Å². The van der Waals surface area contributed by atoms with E-state index in [-0.39, 0.29) is 11.9 Å². The number of esters is 1. The summed E-state index contributed by atoms with van der Waals surface area (Å²) in [5.74, 6) is 0.171. The minimum atomic E-state index is -0.231. The number of nitrogens with one attached hydrogen (secondary N) is 1. The van der Waals surface area contributed by atoms with Crippen LogP contribution in [0.1, 0.15) is 42.1 Å². The van der Waals surface area contributed by atoms with Crippen molar-refractivity contribution in [3.8, 4) is 0 Å². The number of hydrogen-bond acceptors (Lipinski definition) is 8. The Labute approximate surface area is 125 Å². The van der Waals surface area contributed by atoms with E-state index in [0.29, 0.717) is 19.0 Å². The lowest BCUT2D eigenvalue weighted by Crippen LogP contribution is -2.20. The molecule has 0 spiro atoms. The smallest absolute Gasteiger partial charge is 0.315 e. The first-order valence-electron chi connectivity index (χ1n) is 6.93. The highest BCUT2D eigenvalue weighted by molar-refractivity contribution is 7.15. The molecule has 0 amide bonds. The monoisotopic (exact) mass is 308 g/mol. The summed E-state index contributed by atoms with van der Waals surface area (Å²) in [5, 5.41) is 7.68. The van der Waals surface area contributed by atoms with E-state index in [4.69, 9.17) is 4.74 Å². The first-order valence-corrected chi connectivity index (χ1v) is 7.75. The molecule has 1 N–H and O–H groups in total. The Morgan fingerprint density at radius 2 is 2.52 bits per heavy atom. The van der Waals surface area contributed by atoms with Crippen molar-refractivity contribution in [1.82, 2.24) is 15.1 Å². The Kier molecular flexibility index (Phi) is 4.14. The molecule has 0 radical (unpaired) electrons. The van der Waals surface area contributed by atoms with Gasteiger partial charge in [-0.3, -0.25) is 4.79 Å². The Hall–Kier alpha value is -1.96. The zero-order valence-electron chi connectivity index (χ0n) is 11.7. The molecule has 0 aliphatic heterocycles. The average Bonchev–Trinajstić information content (AvgIpc) is 3.13. The van der Waals surface area contributed by atoms with Crippen molar-refractivity contribution in [3.63, 3.8) is 0 Å². The molecule has 2 aromatic heterocycles. The molecule has 1 aliphatic rings. The van der Waals surface area contributed by atoms with Crippen LogP contribution in [0.5, 0.6) is 0 Å². The highest BCUT2D eigenvalue weighted by atomic mass is 32.1. The van der Waals surface area contributed by atoms with E-state index in [1.807, 2.05) is 6.92 Å². The molecule has 2 aromatic rings. The van der Waals surface area contributed by atoms with Gasteiger partial charge in [-0.25, -0.2) is 4.98 Å². The lowest BCUT2D eigenvalue weighted by Gasteiger charge is -2.19. The van der Waals surface area contributed by atoms with Crippen molar-refractivity contribution < 1.29 is 14.1 Å². The van der Waals surface area contributed by atoms with E-state index in [0.717, 1.165) is 35.0 Å². The zero-order valence-corrected chi connectivity index (χ0v) is 12.5. The van der Waals surface area contributed by atoms with E-state index >= 15 is 0 Å². The van der Waals surface area contributed by atoms with Gasteiger partial charge in [-0.05, 0) is 26.2 Å². The maximum atomic E-state index is 12.0. The SMILES string of the molecule is CCOC(=O)C1CCCc2sc(NCc3ncon3)nc21. The van der Waals surface area contributed by atoms with Crippen LogP contribution in [-0.2, 0) is 22.5 Å². The van der Waals surface area contributed by atoms with Crippen molar-refractivity contribution in [2.75, 3.05) is 11.9 Å². The summed E-state index contributed by atoms with van der Waals surface area (Å²) >= 11 is 1.58.